The average molecular weight is 314 g/mol. The lowest BCUT2D eigenvalue weighted by molar-refractivity contribution is -0.117. The van der Waals surface area contributed by atoms with Crippen molar-refractivity contribution >= 4 is 17.3 Å². The van der Waals surface area contributed by atoms with Gasteiger partial charge >= 0.3 is 0 Å². The lowest BCUT2D eigenvalue weighted by Crippen LogP contribution is -2.36. The van der Waals surface area contributed by atoms with Gasteiger partial charge in [0.25, 0.3) is 0 Å². The minimum absolute atomic E-state index is 0.182. The summed E-state index contributed by atoms with van der Waals surface area (Å²) >= 11 is 0. The van der Waals surface area contributed by atoms with Crippen LogP contribution in [0.15, 0.2) is 24.3 Å². The molecule has 124 valence electrons. The van der Waals surface area contributed by atoms with Crippen molar-refractivity contribution in [1.82, 2.24) is 0 Å². The third-order valence-electron chi connectivity index (χ3n) is 5.86. The molecule has 1 amide bonds. The first kappa shape index (κ1) is 15.0. The molecule has 1 aromatic carbocycles. The summed E-state index contributed by atoms with van der Waals surface area (Å²) in [5.74, 6) is 2.53. The highest BCUT2D eigenvalue weighted by Gasteiger charge is 2.40. The minimum Gasteiger partial charge on any atom is -0.378 e. The second-order valence-corrected chi connectivity index (χ2v) is 7.33. The van der Waals surface area contributed by atoms with E-state index >= 15 is 0 Å². The van der Waals surface area contributed by atoms with Crippen LogP contribution in [-0.2, 0) is 9.53 Å². The maximum absolute atomic E-state index is 12.3. The lowest BCUT2D eigenvalue weighted by atomic mass is 9.86. The van der Waals surface area contributed by atoms with Gasteiger partial charge in [-0.3, -0.25) is 4.79 Å². The summed E-state index contributed by atoms with van der Waals surface area (Å²) in [6.45, 7) is 3.47. The van der Waals surface area contributed by atoms with Gasteiger partial charge in [-0.25, -0.2) is 0 Å². The number of hydrogen-bond acceptors (Lipinski definition) is 3. The topological polar surface area (TPSA) is 41.6 Å². The van der Waals surface area contributed by atoms with Gasteiger partial charge in [0, 0.05) is 30.9 Å². The Morgan fingerprint density at radius 3 is 2.57 bits per heavy atom. The van der Waals surface area contributed by atoms with Gasteiger partial charge in [-0.05, 0) is 61.3 Å². The van der Waals surface area contributed by atoms with Crippen LogP contribution in [0.4, 0.5) is 11.4 Å². The first-order valence-corrected chi connectivity index (χ1v) is 9.00. The van der Waals surface area contributed by atoms with Crippen LogP contribution in [0.3, 0.4) is 0 Å². The van der Waals surface area contributed by atoms with Crippen molar-refractivity contribution in [3.8, 4) is 0 Å². The van der Waals surface area contributed by atoms with E-state index in [4.69, 9.17) is 4.74 Å². The Bertz CT molecular complexity index is 551. The molecule has 4 heteroatoms. The van der Waals surface area contributed by atoms with E-state index in [0.717, 1.165) is 43.8 Å². The van der Waals surface area contributed by atoms with Gasteiger partial charge in [0.05, 0.1) is 13.2 Å². The number of amides is 1. The number of anilines is 2. The van der Waals surface area contributed by atoms with Gasteiger partial charge in [0.15, 0.2) is 0 Å². The molecule has 1 heterocycles. The number of carbonyl (C=O) groups is 1. The summed E-state index contributed by atoms with van der Waals surface area (Å²) in [7, 11) is 0. The number of fused-ring (bicyclic) bond motifs is 2. The van der Waals surface area contributed by atoms with Crippen LogP contribution >= 0.6 is 0 Å². The van der Waals surface area contributed by atoms with Gasteiger partial charge < -0.3 is 15.0 Å². The maximum Gasteiger partial charge on any atom is 0.224 e. The van der Waals surface area contributed by atoms with E-state index in [1.165, 1.54) is 31.4 Å². The normalized spacial score (nSPS) is 29.7. The fourth-order valence-electron chi connectivity index (χ4n) is 4.65. The van der Waals surface area contributed by atoms with Crippen molar-refractivity contribution in [2.75, 3.05) is 36.5 Å². The second kappa shape index (κ2) is 6.52. The molecule has 1 aliphatic heterocycles. The van der Waals surface area contributed by atoms with E-state index in [-0.39, 0.29) is 5.91 Å². The molecule has 1 N–H and O–H groups in total. The van der Waals surface area contributed by atoms with Crippen LogP contribution in [0.25, 0.3) is 0 Å². The summed E-state index contributed by atoms with van der Waals surface area (Å²) in [5, 5.41) is 3.08. The molecule has 4 nitrogen and oxygen atoms in total. The largest absolute Gasteiger partial charge is 0.378 e. The Morgan fingerprint density at radius 2 is 1.91 bits per heavy atom. The Kier molecular flexibility index (Phi) is 4.25. The highest BCUT2D eigenvalue weighted by molar-refractivity contribution is 5.91. The van der Waals surface area contributed by atoms with E-state index in [2.05, 4.69) is 22.3 Å². The van der Waals surface area contributed by atoms with Crippen molar-refractivity contribution in [3.05, 3.63) is 24.3 Å². The van der Waals surface area contributed by atoms with Gasteiger partial charge in [-0.1, -0.05) is 6.42 Å². The Hall–Kier alpha value is -1.55. The first-order chi connectivity index (χ1) is 11.3. The summed E-state index contributed by atoms with van der Waals surface area (Å²) in [5.41, 5.74) is 2.12. The first-order valence-electron chi connectivity index (χ1n) is 9.00. The predicted octanol–water partition coefficient (Wildman–Crippen LogP) is 3.29. The average Bonchev–Trinajstić information content (AvgIpc) is 3.19. The molecule has 0 radical (unpaired) electrons. The zero-order chi connectivity index (χ0) is 15.6. The number of hydrogen-bond donors (Lipinski definition) is 1. The third-order valence-corrected chi connectivity index (χ3v) is 5.86. The van der Waals surface area contributed by atoms with Crippen LogP contribution in [0.2, 0.25) is 0 Å². The van der Waals surface area contributed by atoms with E-state index in [1.807, 2.05) is 12.1 Å². The summed E-state index contributed by atoms with van der Waals surface area (Å²) in [4.78, 5) is 14.6. The van der Waals surface area contributed by atoms with Gasteiger partial charge in [-0.2, -0.15) is 0 Å². The Labute approximate surface area is 138 Å². The zero-order valence-electron chi connectivity index (χ0n) is 13.7. The summed E-state index contributed by atoms with van der Waals surface area (Å²) in [6, 6.07) is 8.23. The summed E-state index contributed by atoms with van der Waals surface area (Å²) < 4.78 is 5.38. The van der Waals surface area contributed by atoms with Crippen molar-refractivity contribution in [2.45, 2.75) is 32.1 Å². The van der Waals surface area contributed by atoms with Gasteiger partial charge in [0.1, 0.15) is 0 Å². The number of rotatable bonds is 4. The van der Waals surface area contributed by atoms with Crippen molar-refractivity contribution in [3.63, 3.8) is 0 Å². The molecule has 0 unspecified atom stereocenters. The number of benzene rings is 1. The van der Waals surface area contributed by atoms with Crippen molar-refractivity contribution in [1.29, 1.82) is 0 Å². The van der Waals surface area contributed by atoms with E-state index in [9.17, 15) is 4.79 Å². The molecule has 4 rings (SSSR count). The number of nitrogens with one attached hydrogen (secondary N) is 1. The monoisotopic (exact) mass is 314 g/mol. The molecule has 1 aromatic rings. The van der Waals surface area contributed by atoms with Gasteiger partial charge in [-0.15, -0.1) is 0 Å². The molecule has 0 aromatic heterocycles. The van der Waals surface area contributed by atoms with Crippen LogP contribution in [0, 0.1) is 17.8 Å². The molecular formula is C19H26N2O2. The van der Waals surface area contributed by atoms with Crippen LogP contribution in [-0.4, -0.2) is 32.2 Å². The smallest absolute Gasteiger partial charge is 0.224 e. The molecule has 3 fully saturated rings. The fraction of sp³-hybridized carbons (Fsp3) is 0.632. The molecule has 2 aliphatic carbocycles. The molecule has 2 saturated carbocycles. The molecule has 2 bridgehead atoms. The molecular weight excluding hydrogens is 288 g/mol. The number of carbonyl (C=O) groups excluding carboxylic acids is 1. The number of morpholine rings is 1. The van der Waals surface area contributed by atoms with Gasteiger partial charge in [0.2, 0.25) is 5.91 Å². The molecule has 0 spiro atoms. The van der Waals surface area contributed by atoms with Crippen molar-refractivity contribution in [2.24, 2.45) is 17.8 Å². The molecule has 23 heavy (non-hydrogen) atoms. The SMILES string of the molecule is O=C(C[C@@H]1C[C@@H]2CC[C@@H]1C2)Nc1ccc(N2CCOCC2)cc1. The highest BCUT2D eigenvalue weighted by atomic mass is 16.5. The quantitative estimate of drug-likeness (QED) is 0.927. The third kappa shape index (κ3) is 3.37. The molecule has 3 atom stereocenters. The second-order valence-electron chi connectivity index (χ2n) is 7.33. The van der Waals surface area contributed by atoms with E-state index in [0.29, 0.717) is 12.3 Å². The standard InChI is InChI=1S/C19H26N2O2/c22-19(13-16-12-14-1-2-15(16)11-14)20-17-3-5-18(6-4-17)21-7-9-23-10-8-21/h3-6,14-16H,1-2,7-13H2,(H,20,22)/t14-,15-,16+/m1/s1. The molecule has 1 saturated heterocycles. The van der Waals surface area contributed by atoms with Crippen molar-refractivity contribution < 1.29 is 9.53 Å². The van der Waals surface area contributed by atoms with Crippen LogP contribution in [0.5, 0.6) is 0 Å². The lowest BCUT2D eigenvalue weighted by Gasteiger charge is -2.29. The fourth-order valence-corrected chi connectivity index (χ4v) is 4.65. The Balaban J connectivity index is 1.30. The highest BCUT2D eigenvalue weighted by Crippen LogP contribution is 2.49. The van der Waals surface area contributed by atoms with Crippen LogP contribution in [0.1, 0.15) is 32.1 Å². The summed E-state index contributed by atoms with van der Waals surface area (Å²) in [6.07, 6.45) is 6.08. The number of ether oxygens (including phenoxy) is 1. The Morgan fingerprint density at radius 1 is 1.13 bits per heavy atom. The minimum atomic E-state index is 0.182. The molecule has 3 aliphatic rings. The predicted molar refractivity (Wildman–Crippen MR) is 91.7 cm³/mol. The van der Waals surface area contributed by atoms with Crippen LogP contribution < -0.4 is 10.2 Å². The number of nitrogens with zero attached hydrogens (tertiary/aromatic N) is 1. The van der Waals surface area contributed by atoms with E-state index < -0.39 is 0 Å². The maximum atomic E-state index is 12.3. The zero-order valence-corrected chi connectivity index (χ0v) is 13.7. The van der Waals surface area contributed by atoms with E-state index in [1.54, 1.807) is 0 Å².